The molecule has 59 heavy (non-hydrogen) atoms. The van der Waals surface area contributed by atoms with Gasteiger partial charge >= 0.3 is 12.1 Å². The number of carbonyl (C=O) groups is 4. The highest BCUT2D eigenvalue weighted by atomic mass is 35.5. The Morgan fingerprint density at radius 2 is 1.85 bits per heavy atom. The maximum absolute atomic E-state index is 14.7. The molecule has 6 aliphatic rings. The van der Waals surface area contributed by atoms with Gasteiger partial charge in [-0.2, -0.15) is 0 Å². The Balaban J connectivity index is 1.05. The number of morpholine rings is 1. The fourth-order valence-corrected chi connectivity index (χ4v) is 9.57. The van der Waals surface area contributed by atoms with Crippen LogP contribution in [0.4, 0.5) is 4.79 Å². The van der Waals surface area contributed by atoms with Crippen molar-refractivity contribution in [1.82, 2.24) is 25.4 Å². The van der Waals surface area contributed by atoms with Crippen LogP contribution in [-0.2, 0) is 28.6 Å². The molecule has 0 radical (unpaired) electrons. The molecule has 2 N–H and O–H groups in total. The number of aromatic nitrogens is 1. The van der Waals surface area contributed by atoms with E-state index in [0.29, 0.717) is 90.8 Å². The molecule has 1 aromatic heterocycles. The molecule has 3 aliphatic heterocycles. The third-order valence-corrected chi connectivity index (χ3v) is 13.1. The molecule has 4 heterocycles. The van der Waals surface area contributed by atoms with Gasteiger partial charge < -0.3 is 44.0 Å². The van der Waals surface area contributed by atoms with Gasteiger partial charge in [0.15, 0.2) is 0 Å². The second-order valence-electron chi connectivity index (χ2n) is 16.7. The first-order valence-corrected chi connectivity index (χ1v) is 21.7. The number of benzene rings is 1. The number of nitrogens with one attached hydrogen (secondary N) is 2. The maximum Gasteiger partial charge on any atom is 0.408 e. The molecular formula is C43H56ClN5O10. The van der Waals surface area contributed by atoms with Crippen molar-refractivity contribution in [3.05, 3.63) is 35.4 Å². The van der Waals surface area contributed by atoms with E-state index in [1.807, 2.05) is 25.1 Å². The lowest BCUT2D eigenvalue weighted by Gasteiger charge is -2.29. The van der Waals surface area contributed by atoms with E-state index >= 15 is 0 Å². The molecule has 320 valence electrons. The number of amides is 3. The minimum absolute atomic E-state index is 0.0366. The smallest absolute Gasteiger partial charge is 0.408 e. The van der Waals surface area contributed by atoms with Crippen molar-refractivity contribution < 1.29 is 47.6 Å². The Labute approximate surface area is 349 Å². The lowest BCUT2D eigenvalue weighted by molar-refractivity contribution is -0.148. The summed E-state index contributed by atoms with van der Waals surface area (Å²) in [6, 6.07) is 3.35. The summed E-state index contributed by atoms with van der Waals surface area (Å²) in [5, 5.41) is 6.77. The zero-order valence-corrected chi connectivity index (χ0v) is 34.7. The Kier molecular flexibility index (Phi) is 12.7. The SMILES string of the molecule is CCOc1cc(O[C@@H]2C[C@H]3C(=O)N[C@]4(C(=O)OC)C[C@@H]4/C=C\CCCCC[C@H](NC(=O)OC4C[C@@H]5C[C@@H]5C4)C(=O)N3C2)c2ccc(OCCN3CCOCC3)c(Cl)c2n1. The first-order chi connectivity index (χ1) is 28.6. The summed E-state index contributed by atoms with van der Waals surface area (Å²) in [5.41, 5.74) is -0.806. The van der Waals surface area contributed by atoms with Crippen molar-refractivity contribution in [2.75, 3.05) is 59.7 Å². The van der Waals surface area contributed by atoms with Gasteiger partial charge in [0, 0.05) is 43.4 Å². The minimum Gasteiger partial charge on any atom is -0.491 e. The summed E-state index contributed by atoms with van der Waals surface area (Å²) >= 11 is 6.95. The number of carbonyl (C=O) groups excluding carboxylic acids is 4. The number of halogens is 1. The summed E-state index contributed by atoms with van der Waals surface area (Å²) < 4.78 is 35.1. The van der Waals surface area contributed by atoms with Gasteiger partial charge in [0.1, 0.15) is 58.5 Å². The number of esters is 1. The lowest BCUT2D eigenvalue weighted by atomic mass is 10.0. The molecule has 16 heteroatoms. The number of hydrogen-bond donors (Lipinski definition) is 2. The van der Waals surface area contributed by atoms with E-state index in [9.17, 15) is 19.2 Å². The number of alkyl carbamates (subject to hydrolysis) is 1. The zero-order valence-electron chi connectivity index (χ0n) is 34.0. The van der Waals surface area contributed by atoms with Gasteiger partial charge in [0.05, 0.1) is 33.5 Å². The predicted molar refractivity (Wildman–Crippen MR) is 216 cm³/mol. The monoisotopic (exact) mass is 837 g/mol. The predicted octanol–water partition coefficient (Wildman–Crippen LogP) is 4.81. The van der Waals surface area contributed by atoms with Crippen LogP contribution in [0.2, 0.25) is 5.02 Å². The Morgan fingerprint density at radius 3 is 2.63 bits per heavy atom. The lowest BCUT2D eigenvalue weighted by Crippen LogP contribution is -2.56. The fourth-order valence-electron chi connectivity index (χ4n) is 9.30. The fraction of sp³-hybridized carbons (Fsp3) is 0.651. The van der Waals surface area contributed by atoms with E-state index < -0.39 is 47.6 Å². The second kappa shape index (κ2) is 18.1. The largest absolute Gasteiger partial charge is 0.491 e. The van der Waals surface area contributed by atoms with Crippen LogP contribution in [0.5, 0.6) is 17.4 Å². The van der Waals surface area contributed by atoms with Crippen LogP contribution < -0.4 is 24.8 Å². The molecule has 0 bridgehead atoms. The summed E-state index contributed by atoms with van der Waals surface area (Å²) in [5.74, 6) is 0.755. The molecule has 2 aromatic rings. The number of rotatable bonds is 11. The minimum atomic E-state index is -1.23. The highest BCUT2D eigenvalue weighted by Gasteiger charge is 2.62. The van der Waals surface area contributed by atoms with Crippen LogP contribution in [0, 0.1) is 17.8 Å². The number of fused-ring (bicyclic) bond motifs is 4. The van der Waals surface area contributed by atoms with Gasteiger partial charge in [-0.1, -0.05) is 36.6 Å². The Morgan fingerprint density at radius 1 is 1.03 bits per heavy atom. The summed E-state index contributed by atoms with van der Waals surface area (Å²) in [6.07, 6.45) is 9.51. The van der Waals surface area contributed by atoms with Gasteiger partial charge in [-0.05, 0) is 75.8 Å². The summed E-state index contributed by atoms with van der Waals surface area (Å²) in [4.78, 5) is 64.0. The molecule has 3 aliphatic carbocycles. The topological polar surface area (TPSA) is 167 Å². The molecule has 0 spiro atoms. The van der Waals surface area contributed by atoms with Crippen molar-refractivity contribution in [3.8, 4) is 17.4 Å². The average Bonchev–Trinajstić information content (AvgIpc) is 4.03. The molecule has 2 saturated heterocycles. The highest BCUT2D eigenvalue weighted by Crippen LogP contribution is 2.52. The third-order valence-electron chi connectivity index (χ3n) is 12.7. The van der Waals surface area contributed by atoms with E-state index in [2.05, 4.69) is 15.5 Å². The van der Waals surface area contributed by atoms with Crippen LogP contribution in [0.3, 0.4) is 0 Å². The molecule has 3 amide bonds. The number of nitrogens with zero attached hydrogens (tertiary/aromatic N) is 3. The Hall–Kier alpha value is -4.34. The molecule has 1 unspecified atom stereocenters. The van der Waals surface area contributed by atoms with Crippen molar-refractivity contribution >= 4 is 46.4 Å². The van der Waals surface area contributed by atoms with Gasteiger partial charge in [-0.3, -0.25) is 14.5 Å². The third kappa shape index (κ3) is 9.36. The number of pyridine rings is 1. The molecule has 15 nitrogen and oxygen atoms in total. The van der Waals surface area contributed by atoms with Gasteiger partial charge in [0.2, 0.25) is 17.7 Å². The highest BCUT2D eigenvalue weighted by molar-refractivity contribution is 6.36. The van der Waals surface area contributed by atoms with Gasteiger partial charge in [-0.25, -0.2) is 14.6 Å². The first-order valence-electron chi connectivity index (χ1n) is 21.4. The van der Waals surface area contributed by atoms with Gasteiger partial charge in [0.25, 0.3) is 0 Å². The van der Waals surface area contributed by atoms with Gasteiger partial charge in [-0.15, -0.1) is 0 Å². The average molecular weight is 838 g/mol. The quantitative estimate of drug-likeness (QED) is 0.235. The molecule has 5 fully saturated rings. The van der Waals surface area contributed by atoms with E-state index in [1.54, 1.807) is 12.1 Å². The normalized spacial score (nSPS) is 31.4. The maximum atomic E-state index is 14.7. The van der Waals surface area contributed by atoms with Crippen molar-refractivity contribution in [3.63, 3.8) is 0 Å². The summed E-state index contributed by atoms with van der Waals surface area (Å²) in [6.45, 7) is 6.46. The molecule has 8 atom stereocenters. The number of methoxy groups -OCH3 is 1. The van der Waals surface area contributed by atoms with E-state index in [4.69, 9.17) is 45.0 Å². The molecule has 8 rings (SSSR count). The van der Waals surface area contributed by atoms with Crippen molar-refractivity contribution in [2.45, 2.75) is 101 Å². The number of ether oxygens (including phenoxy) is 6. The standard InChI is InChI=1S/C43H56ClN5O10/c1-3-56-36-23-35(31-11-12-34(37(44)38(31)46-36)57-18-15-48-13-16-55-17-14-48)58-30-22-33-39(50)47-43(41(52)54-2)24-28(43)9-7-5-4-6-8-10-32(40(51)49(33)25-30)45-42(53)59-29-20-26-19-27(26)21-29/h7,9,11-12,23,26-30,32-33H,3-6,8,10,13-22,24-25H2,1-2H3,(H,45,53)(H,47,50)/b9-7-/t26-,27+,28-,29?,30+,32-,33-,43+/m0/s1. The number of allylic oxidation sites excluding steroid dienone is 1. The van der Waals surface area contributed by atoms with Crippen molar-refractivity contribution in [1.29, 1.82) is 0 Å². The summed E-state index contributed by atoms with van der Waals surface area (Å²) in [7, 11) is 1.31. The molecular weight excluding hydrogens is 782 g/mol. The zero-order chi connectivity index (χ0) is 41.1. The van der Waals surface area contributed by atoms with Crippen molar-refractivity contribution in [2.24, 2.45) is 17.8 Å². The van der Waals surface area contributed by atoms with E-state index in [1.165, 1.54) is 18.4 Å². The van der Waals surface area contributed by atoms with E-state index in [-0.39, 0.29) is 25.0 Å². The molecule has 3 saturated carbocycles. The first kappa shape index (κ1) is 41.4. The van der Waals surface area contributed by atoms with Crippen LogP contribution >= 0.6 is 11.6 Å². The van der Waals surface area contributed by atoms with E-state index in [0.717, 1.165) is 51.7 Å². The van der Waals surface area contributed by atoms with Crippen LogP contribution in [0.1, 0.15) is 71.1 Å². The second-order valence-corrected chi connectivity index (χ2v) is 17.1. The van der Waals surface area contributed by atoms with Crippen LogP contribution in [-0.4, -0.2) is 128 Å². The Bertz CT molecular complexity index is 1920. The number of hydrogen-bond acceptors (Lipinski definition) is 12. The molecule has 1 aromatic carbocycles. The van der Waals surface area contributed by atoms with Crippen LogP contribution in [0.15, 0.2) is 30.4 Å². The van der Waals surface area contributed by atoms with Crippen LogP contribution in [0.25, 0.3) is 10.9 Å².